The van der Waals surface area contributed by atoms with Crippen LogP contribution in [0.3, 0.4) is 0 Å². The molecule has 1 rings (SSSR count). The average molecular weight is 361 g/mol. The Morgan fingerprint density at radius 2 is 1.50 bits per heavy atom. The van der Waals surface area contributed by atoms with Crippen molar-refractivity contribution in [3.63, 3.8) is 0 Å². The number of rotatable bonds is 13. The highest BCUT2D eigenvalue weighted by Gasteiger charge is 2.18. The van der Waals surface area contributed by atoms with Crippen molar-refractivity contribution < 1.29 is 0 Å². The van der Waals surface area contributed by atoms with Crippen molar-refractivity contribution in [1.29, 1.82) is 0 Å². The monoisotopic (exact) mass is 360 g/mol. The number of benzene rings is 1. The van der Waals surface area contributed by atoms with Crippen LogP contribution in [-0.4, -0.2) is 13.1 Å². The van der Waals surface area contributed by atoms with E-state index >= 15 is 0 Å². The summed E-state index contributed by atoms with van der Waals surface area (Å²) < 4.78 is 0. The average Bonchev–Trinajstić information content (AvgIpc) is 2.63. The zero-order valence-corrected chi connectivity index (χ0v) is 18.4. The highest BCUT2D eigenvalue weighted by atomic mass is 15.1. The smallest absolute Gasteiger partial charge is 0.0370 e. The molecular formula is C24H44N2. The second-order valence-corrected chi connectivity index (χ2v) is 8.35. The first kappa shape index (κ1) is 22.9. The van der Waals surface area contributed by atoms with Gasteiger partial charge in [0.05, 0.1) is 0 Å². The molecule has 2 unspecified atom stereocenters. The molecule has 2 heteroatoms. The van der Waals surface area contributed by atoms with Gasteiger partial charge >= 0.3 is 0 Å². The van der Waals surface area contributed by atoms with Crippen molar-refractivity contribution in [2.24, 2.45) is 11.8 Å². The normalized spacial score (nSPS) is 13.8. The molecule has 0 aliphatic heterocycles. The fourth-order valence-corrected chi connectivity index (χ4v) is 3.92. The Balaban J connectivity index is 3.07. The van der Waals surface area contributed by atoms with Crippen LogP contribution in [0.15, 0.2) is 18.2 Å². The Hall–Kier alpha value is -1.18. The van der Waals surface area contributed by atoms with Crippen molar-refractivity contribution in [1.82, 2.24) is 0 Å². The molecule has 0 aromatic heterocycles. The van der Waals surface area contributed by atoms with Crippen LogP contribution < -0.4 is 10.6 Å². The summed E-state index contributed by atoms with van der Waals surface area (Å²) in [6.07, 6.45) is 9.12. The van der Waals surface area contributed by atoms with Crippen LogP contribution >= 0.6 is 0 Å². The zero-order valence-electron chi connectivity index (χ0n) is 18.4. The van der Waals surface area contributed by atoms with Gasteiger partial charge in [0.1, 0.15) is 0 Å². The molecule has 0 bridgehead atoms. The molecule has 1 aromatic carbocycles. The Bertz CT molecular complexity index is 495. The van der Waals surface area contributed by atoms with E-state index in [0.29, 0.717) is 5.92 Å². The van der Waals surface area contributed by atoms with E-state index in [4.69, 9.17) is 5.73 Å². The molecule has 0 saturated heterocycles. The van der Waals surface area contributed by atoms with Gasteiger partial charge in [-0.1, -0.05) is 73.6 Å². The summed E-state index contributed by atoms with van der Waals surface area (Å²) >= 11 is 0. The van der Waals surface area contributed by atoms with E-state index in [1.54, 1.807) is 0 Å². The SMILES string of the molecule is CCCCC(CC)CN(CC(CC)CCC)c1ccc(N)c(C(C)C)c1. The summed E-state index contributed by atoms with van der Waals surface area (Å²) in [5.74, 6) is 2.04. The van der Waals surface area contributed by atoms with Crippen molar-refractivity contribution in [2.75, 3.05) is 23.7 Å². The largest absolute Gasteiger partial charge is 0.398 e. The van der Waals surface area contributed by atoms with Crippen LogP contribution in [0.4, 0.5) is 11.4 Å². The molecular weight excluding hydrogens is 316 g/mol. The van der Waals surface area contributed by atoms with Gasteiger partial charge in [0, 0.05) is 24.5 Å². The van der Waals surface area contributed by atoms with Gasteiger partial charge in [-0.25, -0.2) is 0 Å². The van der Waals surface area contributed by atoms with E-state index < -0.39 is 0 Å². The minimum Gasteiger partial charge on any atom is -0.398 e. The maximum Gasteiger partial charge on any atom is 0.0370 e. The fraction of sp³-hybridized carbons (Fsp3) is 0.750. The predicted octanol–water partition coefficient (Wildman–Crippen LogP) is 7.24. The van der Waals surface area contributed by atoms with Gasteiger partial charge in [-0.05, 0) is 54.4 Å². The van der Waals surface area contributed by atoms with Gasteiger partial charge < -0.3 is 10.6 Å². The molecule has 0 heterocycles. The molecule has 0 aliphatic rings. The third-order valence-corrected chi connectivity index (χ3v) is 5.83. The Morgan fingerprint density at radius 1 is 0.885 bits per heavy atom. The van der Waals surface area contributed by atoms with Crippen LogP contribution in [0, 0.1) is 11.8 Å². The van der Waals surface area contributed by atoms with Gasteiger partial charge in [-0.3, -0.25) is 0 Å². The molecule has 0 aliphatic carbocycles. The lowest BCUT2D eigenvalue weighted by atomic mass is 9.95. The molecule has 0 saturated carbocycles. The van der Waals surface area contributed by atoms with E-state index in [1.165, 1.54) is 69.3 Å². The zero-order chi connectivity index (χ0) is 19.5. The number of nitrogens with zero attached hydrogens (tertiary/aromatic N) is 1. The van der Waals surface area contributed by atoms with E-state index in [-0.39, 0.29) is 0 Å². The summed E-state index contributed by atoms with van der Waals surface area (Å²) in [5, 5.41) is 0. The van der Waals surface area contributed by atoms with Gasteiger partial charge in [0.2, 0.25) is 0 Å². The van der Waals surface area contributed by atoms with E-state index in [9.17, 15) is 0 Å². The van der Waals surface area contributed by atoms with E-state index in [0.717, 1.165) is 17.5 Å². The molecule has 1 aromatic rings. The third-order valence-electron chi connectivity index (χ3n) is 5.83. The highest BCUT2D eigenvalue weighted by molar-refractivity contribution is 5.59. The third kappa shape index (κ3) is 7.21. The maximum absolute atomic E-state index is 6.24. The second-order valence-electron chi connectivity index (χ2n) is 8.35. The first-order valence-electron chi connectivity index (χ1n) is 11.1. The first-order valence-corrected chi connectivity index (χ1v) is 11.1. The molecule has 26 heavy (non-hydrogen) atoms. The Kier molecular flexibility index (Phi) is 10.8. The number of unbranched alkanes of at least 4 members (excludes halogenated alkanes) is 1. The lowest BCUT2D eigenvalue weighted by Gasteiger charge is -2.33. The number of anilines is 2. The fourth-order valence-electron chi connectivity index (χ4n) is 3.92. The minimum absolute atomic E-state index is 0.469. The van der Waals surface area contributed by atoms with Gasteiger partial charge in [-0.2, -0.15) is 0 Å². The molecule has 0 fully saturated rings. The summed E-state index contributed by atoms with van der Waals surface area (Å²) in [7, 11) is 0. The lowest BCUT2D eigenvalue weighted by molar-refractivity contribution is 0.408. The lowest BCUT2D eigenvalue weighted by Crippen LogP contribution is -2.34. The predicted molar refractivity (Wildman–Crippen MR) is 119 cm³/mol. The number of hydrogen-bond donors (Lipinski definition) is 1. The number of nitrogen functional groups attached to an aromatic ring is 1. The summed E-state index contributed by atoms with van der Waals surface area (Å²) in [6.45, 7) is 16.1. The minimum atomic E-state index is 0.469. The quantitative estimate of drug-likeness (QED) is 0.376. The Labute approximate surface area is 163 Å². The van der Waals surface area contributed by atoms with Crippen LogP contribution in [0.2, 0.25) is 0 Å². The van der Waals surface area contributed by atoms with Gasteiger partial charge in [0.15, 0.2) is 0 Å². The molecule has 0 radical (unpaired) electrons. The standard InChI is InChI=1S/C24H44N2/c1-7-11-13-21(10-4)18-26(17-20(9-3)12-8-2)22-14-15-24(25)23(16-22)19(5)6/h14-16,19-21H,7-13,17-18,25H2,1-6H3. The van der Waals surface area contributed by atoms with Crippen LogP contribution in [0.5, 0.6) is 0 Å². The molecule has 0 amide bonds. The Morgan fingerprint density at radius 3 is 2.00 bits per heavy atom. The van der Waals surface area contributed by atoms with Crippen LogP contribution in [0.1, 0.15) is 98.0 Å². The molecule has 2 N–H and O–H groups in total. The van der Waals surface area contributed by atoms with Gasteiger partial charge in [-0.15, -0.1) is 0 Å². The first-order chi connectivity index (χ1) is 12.5. The molecule has 150 valence electrons. The number of nitrogens with two attached hydrogens (primary N) is 1. The van der Waals surface area contributed by atoms with E-state index in [1.807, 2.05) is 0 Å². The van der Waals surface area contributed by atoms with Gasteiger partial charge in [0.25, 0.3) is 0 Å². The van der Waals surface area contributed by atoms with Crippen molar-refractivity contribution in [3.05, 3.63) is 23.8 Å². The van der Waals surface area contributed by atoms with Crippen molar-refractivity contribution in [3.8, 4) is 0 Å². The molecule has 0 spiro atoms. The summed E-state index contributed by atoms with van der Waals surface area (Å²) in [6, 6.07) is 6.71. The second kappa shape index (κ2) is 12.3. The highest BCUT2D eigenvalue weighted by Crippen LogP contribution is 2.30. The van der Waals surface area contributed by atoms with Crippen molar-refractivity contribution >= 4 is 11.4 Å². The molecule has 2 atom stereocenters. The maximum atomic E-state index is 6.24. The van der Waals surface area contributed by atoms with Crippen LogP contribution in [0.25, 0.3) is 0 Å². The van der Waals surface area contributed by atoms with Crippen LogP contribution in [-0.2, 0) is 0 Å². The number of hydrogen-bond acceptors (Lipinski definition) is 2. The summed E-state index contributed by atoms with van der Waals surface area (Å²) in [5.41, 5.74) is 9.83. The molecule has 2 nitrogen and oxygen atoms in total. The van der Waals surface area contributed by atoms with Crippen molar-refractivity contribution in [2.45, 2.75) is 92.4 Å². The van der Waals surface area contributed by atoms with E-state index in [2.05, 4.69) is 64.6 Å². The summed E-state index contributed by atoms with van der Waals surface area (Å²) in [4.78, 5) is 2.67. The topological polar surface area (TPSA) is 29.3 Å².